The average molecular weight is 219 g/mol. The summed E-state index contributed by atoms with van der Waals surface area (Å²) in [6.45, 7) is 4.96. The van der Waals surface area contributed by atoms with Crippen LogP contribution in [0, 0.1) is 0 Å². The van der Waals surface area contributed by atoms with Crippen LogP contribution in [0.1, 0.15) is 19.6 Å². The predicted octanol–water partition coefficient (Wildman–Crippen LogP) is 2.18. The SMILES string of the molecule is CC(C)NCc1occc1-c1ccn(C)n1. The molecule has 0 aliphatic rings. The zero-order valence-electron chi connectivity index (χ0n) is 9.90. The largest absolute Gasteiger partial charge is 0.467 e. The highest BCUT2D eigenvalue weighted by molar-refractivity contribution is 5.60. The van der Waals surface area contributed by atoms with E-state index in [1.807, 2.05) is 25.4 Å². The van der Waals surface area contributed by atoms with E-state index in [4.69, 9.17) is 4.42 Å². The normalized spacial score (nSPS) is 11.2. The van der Waals surface area contributed by atoms with Crippen molar-refractivity contribution in [2.24, 2.45) is 7.05 Å². The van der Waals surface area contributed by atoms with Crippen molar-refractivity contribution in [2.75, 3.05) is 0 Å². The molecular formula is C12H17N3O. The molecule has 2 heterocycles. The van der Waals surface area contributed by atoms with Gasteiger partial charge < -0.3 is 9.73 Å². The Morgan fingerprint density at radius 1 is 1.44 bits per heavy atom. The highest BCUT2D eigenvalue weighted by atomic mass is 16.3. The highest BCUT2D eigenvalue weighted by Crippen LogP contribution is 2.22. The molecule has 0 unspecified atom stereocenters. The summed E-state index contributed by atoms with van der Waals surface area (Å²) in [4.78, 5) is 0. The molecule has 0 amide bonds. The van der Waals surface area contributed by atoms with Gasteiger partial charge in [0.2, 0.25) is 0 Å². The van der Waals surface area contributed by atoms with Crippen molar-refractivity contribution in [3.63, 3.8) is 0 Å². The first-order valence-electron chi connectivity index (χ1n) is 5.46. The van der Waals surface area contributed by atoms with Gasteiger partial charge in [-0.1, -0.05) is 13.8 Å². The number of rotatable bonds is 4. The summed E-state index contributed by atoms with van der Waals surface area (Å²) in [5, 5.41) is 7.71. The summed E-state index contributed by atoms with van der Waals surface area (Å²) in [6.07, 6.45) is 3.64. The van der Waals surface area contributed by atoms with Gasteiger partial charge in [0, 0.05) is 24.8 Å². The monoisotopic (exact) mass is 219 g/mol. The molecule has 0 aliphatic heterocycles. The predicted molar refractivity (Wildman–Crippen MR) is 62.9 cm³/mol. The Bertz CT molecular complexity index is 456. The Balaban J connectivity index is 2.19. The van der Waals surface area contributed by atoms with Gasteiger partial charge in [-0.2, -0.15) is 5.10 Å². The molecule has 4 heteroatoms. The highest BCUT2D eigenvalue weighted by Gasteiger charge is 2.10. The van der Waals surface area contributed by atoms with Crippen LogP contribution in [0.3, 0.4) is 0 Å². The summed E-state index contributed by atoms with van der Waals surface area (Å²) in [7, 11) is 1.91. The number of hydrogen-bond donors (Lipinski definition) is 1. The molecule has 0 bridgehead atoms. The summed E-state index contributed by atoms with van der Waals surface area (Å²) in [5.74, 6) is 0.937. The second-order valence-corrected chi connectivity index (χ2v) is 4.17. The van der Waals surface area contributed by atoms with Crippen LogP contribution in [-0.2, 0) is 13.6 Å². The second-order valence-electron chi connectivity index (χ2n) is 4.17. The minimum Gasteiger partial charge on any atom is -0.467 e. The van der Waals surface area contributed by atoms with Crippen LogP contribution >= 0.6 is 0 Å². The van der Waals surface area contributed by atoms with Gasteiger partial charge in [-0.3, -0.25) is 4.68 Å². The third-order valence-electron chi connectivity index (χ3n) is 2.41. The van der Waals surface area contributed by atoms with Crippen molar-refractivity contribution < 1.29 is 4.42 Å². The van der Waals surface area contributed by atoms with Crippen LogP contribution in [-0.4, -0.2) is 15.8 Å². The van der Waals surface area contributed by atoms with E-state index < -0.39 is 0 Å². The molecule has 0 aromatic carbocycles. The van der Waals surface area contributed by atoms with Gasteiger partial charge in [0.05, 0.1) is 18.5 Å². The van der Waals surface area contributed by atoms with Crippen LogP contribution < -0.4 is 5.32 Å². The van der Waals surface area contributed by atoms with Crippen molar-refractivity contribution in [3.8, 4) is 11.3 Å². The molecule has 0 fully saturated rings. The summed E-state index contributed by atoms with van der Waals surface area (Å²) in [5.41, 5.74) is 2.02. The van der Waals surface area contributed by atoms with Gasteiger partial charge in [0.15, 0.2) is 0 Å². The average Bonchev–Trinajstić information content (AvgIpc) is 2.82. The van der Waals surface area contributed by atoms with E-state index in [1.54, 1.807) is 10.9 Å². The molecule has 0 radical (unpaired) electrons. The minimum atomic E-state index is 0.446. The van der Waals surface area contributed by atoms with Crippen molar-refractivity contribution >= 4 is 0 Å². The maximum atomic E-state index is 5.47. The zero-order chi connectivity index (χ0) is 11.5. The van der Waals surface area contributed by atoms with E-state index in [9.17, 15) is 0 Å². The second kappa shape index (κ2) is 4.53. The minimum absolute atomic E-state index is 0.446. The summed E-state index contributed by atoms with van der Waals surface area (Å²) >= 11 is 0. The molecule has 1 N–H and O–H groups in total. The fraction of sp³-hybridized carbons (Fsp3) is 0.417. The number of nitrogens with zero attached hydrogens (tertiary/aromatic N) is 2. The van der Waals surface area contributed by atoms with Crippen molar-refractivity contribution in [1.82, 2.24) is 15.1 Å². The van der Waals surface area contributed by atoms with E-state index in [1.165, 1.54) is 0 Å². The lowest BCUT2D eigenvalue weighted by atomic mass is 10.2. The smallest absolute Gasteiger partial charge is 0.126 e. The van der Waals surface area contributed by atoms with Crippen molar-refractivity contribution in [2.45, 2.75) is 26.4 Å². The van der Waals surface area contributed by atoms with Crippen molar-refractivity contribution in [3.05, 3.63) is 30.4 Å². The molecule has 0 aliphatic carbocycles. The first kappa shape index (κ1) is 11.0. The maximum Gasteiger partial charge on any atom is 0.126 e. The van der Waals surface area contributed by atoms with Gasteiger partial charge in [0.25, 0.3) is 0 Å². The van der Waals surface area contributed by atoms with Crippen LogP contribution in [0.25, 0.3) is 11.3 Å². The number of furan rings is 1. The van der Waals surface area contributed by atoms with E-state index in [0.29, 0.717) is 6.04 Å². The van der Waals surface area contributed by atoms with Crippen molar-refractivity contribution in [1.29, 1.82) is 0 Å². The fourth-order valence-electron chi connectivity index (χ4n) is 1.56. The molecule has 0 spiro atoms. The van der Waals surface area contributed by atoms with Gasteiger partial charge in [-0.05, 0) is 12.1 Å². The Kier molecular flexibility index (Phi) is 3.10. The molecule has 0 saturated carbocycles. The molecule has 16 heavy (non-hydrogen) atoms. The summed E-state index contributed by atoms with van der Waals surface area (Å²) in [6, 6.07) is 4.39. The number of hydrogen-bond acceptors (Lipinski definition) is 3. The molecule has 2 aromatic heterocycles. The Morgan fingerprint density at radius 3 is 2.88 bits per heavy atom. The molecule has 2 rings (SSSR count). The number of aryl methyl sites for hydroxylation is 1. The van der Waals surface area contributed by atoms with Gasteiger partial charge in [-0.25, -0.2) is 0 Å². The first-order valence-corrected chi connectivity index (χ1v) is 5.46. The lowest BCUT2D eigenvalue weighted by Gasteiger charge is -2.06. The van der Waals surface area contributed by atoms with Crippen LogP contribution in [0.5, 0.6) is 0 Å². The maximum absolute atomic E-state index is 5.47. The quantitative estimate of drug-likeness (QED) is 0.857. The standard InChI is InChI=1S/C12H17N3O/c1-9(2)13-8-12-10(5-7-16-12)11-4-6-15(3)14-11/h4-7,9,13H,8H2,1-3H3. The molecular weight excluding hydrogens is 202 g/mol. The van der Waals surface area contributed by atoms with Gasteiger partial charge in [0.1, 0.15) is 5.76 Å². The molecule has 2 aromatic rings. The van der Waals surface area contributed by atoms with E-state index in [0.717, 1.165) is 23.6 Å². The lowest BCUT2D eigenvalue weighted by molar-refractivity contribution is 0.466. The van der Waals surface area contributed by atoms with E-state index >= 15 is 0 Å². The van der Waals surface area contributed by atoms with E-state index in [2.05, 4.69) is 24.3 Å². The lowest BCUT2D eigenvalue weighted by Crippen LogP contribution is -2.21. The molecule has 4 nitrogen and oxygen atoms in total. The third kappa shape index (κ3) is 2.33. The Morgan fingerprint density at radius 2 is 2.25 bits per heavy atom. The Hall–Kier alpha value is -1.55. The Labute approximate surface area is 95.3 Å². The van der Waals surface area contributed by atoms with Gasteiger partial charge in [-0.15, -0.1) is 0 Å². The zero-order valence-corrected chi connectivity index (χ0v) is 9.90. The summed E-state index contributed by atoms with van der Waals surface area (Å²) < 4.78 is 7.26. The molecule has 86 valence electrons. The van der Waals surface area contributed by atoms with Crippen LogP contribution in [0.2, 0.25) is 0 Å². The molecule has 0 saturated heterocycles. The van der Waals surface area contributed by atoms with Crippen LogP contribution in [0.4, 0.5) is 0 Å². The molecule has 0 atom stereocenters. The first-order chi connectivity index (χ1) is 7.66. The van der Waals surface area contributed by atoms with E-state index in [-0.39, 0.29) is 0 Å². The van der Waals surface area contributed by atoms with Gasteiger partial charge >= 0.3 is 0 Å². The third-order valence-corrected chi connectivity index (χ3v) is 2.41. The topological polar surface area (TPSA) is 43.0 Å². The fourth-order valence-corrected chi connectivity index (χ4v) is 1.56. The number of aromatic nitrogens is 2. The van der Waals surface area contributed by atoms with Crippen LogP contribution in [0.15, 0.2) is 29.0 Å². The number of nitrogens with one attached hydrogen (secondary N) is 1.